The van der Waals surface area contributed by atoms with Crippen molar-refractivity contribution in [3.63, 3.8) is 0 Å². The van der Waals surface area contributed by atoms with E-state index in [0.717, 1.165) is 19.4 Å². The van der Waals surface area contributed by atoms with Crippen LogP contribution in [0.2, 0.25) is 0 Å². The lowest BCUT2D eigenvalue weighted by Gasteiger charge is -2.16. The maximum Gasteiger partial charge on any atom is 0.140 e. The van der Waals surface area contributed by atoms with Crippen LogP contribution in [-0.4, -0.2) is 23.6 Å². The summed E-state index contributed by atoms with van der Waals surface area (Å²) in [6.07, 6.45) is 8.92. The van der Waals surface area contributed by atoms with Crippen LogP contribution >= 0.6 is 0 Å². The summed E-state index contributed by atoms with van der Waals surface area (Å²) in [7, 11) is 0. The van der Waals surface area contributed by atoms with Gasteiger partial charge in [0, 0.05) is 12.5 Å². The molecule has 0 aromatic carbocycles. The Morgan fingerprint density at radius 3 is 3.06 bits per heavy atom. The average molecular weight is 225 g/mol. The lowest BCUT2D eigenvalue weighted by atomic mass is 10.1. The Balaban J connectivity index is 2.18. The van der Waals surface area contributed by atoms with Crippen molar-refractivity contribution in [2.45, 2.75) is 51.5 Å². The van der Waals surface area contributed by atoms with Gasteiger partial charge in [-0.05, 0) is 38.6 Å². The number of hydrogen-bond donors (Lipinski definition) is 3. The Bertz CT molecular complexity index is 261. The molecule has 0 saturated carbocycles. The van der Waals surface area contributed by atoms with Crippen molar-refractivity contribution in [3.8, 4) is 0 Å². The molecule has 0 bridgehead atoms. The first-order valence-electron chi connectivity index (χ1n) is 6.14. The van der Waals surface area contributed by atoms with E-state index in [-0.39, 0.29) is 0 Å². The van der Waals surface area contributed by atoms with E-state index in [1.807, 2.05) is 0 Å². The second-order valence-electron chi connectivity index (χ2n) is 4.36. The number of allylic oxidation sites excluding steroid dienone is 1. The lowest BCUT2D eigenvalue weighted by molar-refractivity contribution is 0.315. The first-order chi connectivity index (χ1) is 7.76. The van der Waals surface area contributed by atoms with Gasteiger partial charge in [0.25, 0.3) is 0 Å². The van der Waals surface area contributed by atoms with Gasteiger partial charge in [-0.25, -0.2) is 0 Å². The highest BCUT2D eigenvalue weighted by molar-refractivity contribution is 5.80. The summed E-state index contributed by atoms with van der Waals surface area (Å²) in [5, 5.41) is 15.0. The van der Waals surface area contributed by atoms with Crippen molar-refractivity contribution < 1.29 is 5.21 Å². The second-order valence-corrected chi connectivity index (χ2v) is 4.36. The first-order valence-corrected chi connectivity index (χ1v) is 6.14. The zero-order valence-electron chi connectivity index (χ0n) is 10.1. The molecule has 1 atom stereocenters. The molecule has 0 spiro atoms. The summed E-state index contributed by atoms with van der Waals surface area (Å²) in [4.78, 5) is 0. The first kappa shape index (κ1) is 13.0. The van der Waals surface area contributed by atoms with Gasteiger partial charge in [0.15, 0.2) is 0 Å². The van der Waals surface area contributed by atoms with Crippen LogP contribution in [0.5, 0.6) is 0 Å². The highest BCUT2D eigenvalue weighted by Crippen LogP contribution is 2.19. The maximum atomic E-state index is 8.50. The highest BCUT2D eigenvalue weighted by Gasteiger charge is 2.09. The molecule has 0 amide bonds. The SMILES string of the molecule is CCC(CC(N)=NO)NCCC1=CCCC1. The van der Waals surface area contributed by atoms with Crippen molar-refractivity contribution in [1.82, 2.24) is 5.32 Å². The van der Waals surface area contributed by atoms with Crippen LogP contribution in [0.15, 0.2) is 16.8 Å². The van der Waals surface area contributed by atoms with Crippen LogP contribution in [0, 0.1) is 0 Å². The van der Waals surface area contributed by atoms with Crippen molar-refractivity contribution in [2.24, 2.45) is 10.9 Å². The van der Waals surface area contributed by atoms with Gasteiger partial charge in [-0.3, -0.25) is 0 Å². The zero-order valence-corrected chi connectivity index (χ0v) is 10.1. The Hall–Kier alpha value is -1.03. The van der Waals surface area contributed by atoms with Crippen LogP contribution in [0.4, 0.5) is 0 Å². The Kier molecular flexibility index (Phi) is 5.93. The van der Waals surface area contributed by atoms with Crippen LogP contribution in [0.25, 0.3) is 0 Å². The van der Waals surface area contributed by atoms with E-state index in [0.29, 0.717) is 18.3 Å². The van der Waals surface area contributed by atoms with Gasteiger partial charge < -0.3 is 16.3 Å². The molecule has 1 aliphatic rings. The molecule has 1 unspecified atom stereocenters. The Labute approximate surface area is 97.6 Å². The quantitative estimate of drug-likeness (QED) is 0.204. The van der Waals surface area contributed by atoms with E-state index in [1.54, 1.807) is 5.57 Å². The monoisotopic (exact) mass is 225 g/mol. The van der Waals surface area contributed by atoms with Crippen molar-refractivity contribution >= 4 is 5.84 Å². The van der Waals surface area contributed by atoms with E-state index in [9.17, 15) is 0 Å². The molecule has 0 aromatic heterocycles. The molecular weight excluding hydrogens is 202 g/mol. The van der Waals surface area contributed by atoms with Gasteiger partial charge in [0.1, 0.15) is 5.84 Å². The van der Waals surface area contributed by atoms with Crippen molar-refractivity contribution in [2.75, 3.05) is 6.54 Å². The third kappa shape index (κ3) is 4.66. The molecule has 0 aliphatic heterocycles. The summed E-state index contributed by atoms with van der Waals surface area (Å²) in [6.45, 7) is 3.10. The highest BCUT2D eigenvalue weighted by atomic mass is 16.4. The van der Waals surface area contributed by atoms with E-state index in [2.05, 4.69) is 23.5 Å². The molecule has 0 radical (unpaired) electrons. The smallest absolute Gasteiger partial charge is 0.140 e. The zero-order chi connectivity index (χ0) is 11.8. The minimum atomic E-state index is 0.305. The minimum Gasteiger partial charge on any atom is -0.409 e. The minimum absolute atomic E-state index is 0.305. The third-order valence-corrected chi connectivity index (χ3v) is 3.09. The number of nitrogens with zero attached hydrogens (tertiary/aromatic N) is 1. The lowest BCUT2D eigenvalue weighted by Crippen LogP contribution is -2.33. The number of nitrogens with one attached hydrogen (secondary N) is 1. The fraction of sp³-hybridized carbons (Fsp3) is 0.750. The second kappa shape index (κ2) is 7.28. The largest absolute Gasteiger partial charge is 0.409 e. The Morgan fingerprint density at radius 2 is 2.50 bits per heavy atom. The van der Waals surface area contributed by atoms with Gasteiger partial charge in [-0.2, -0.15) is 0 Å². The molecular formula is C12H23N3O. The van der Waals surface area contributed by atoms with Crippen LogP contribution < -0.4 is 11.1 Å². The third-order valence-electron chi connectivity index (χ3n) is 3.09. The summed E-state index contributed by atoms with van der Waals surface area (Å²) in [5.41, 5.74) is 7.07. The van der Waals surface area contributed by atoms with Crippen molar-refractivity contribution in [1.29, 1.82) is 0 Å². The van der Waals surface area contributed by atoms with Gasteiger partial charge >= 0.3 is 0 Å². The van der Waals surface area contributed by atoms with Gasteiger partial charge in [-0.1, -0.05) is 23.7 Å². The Morgan fingerprint density at radius 1 is 1.69 bits per heavy atom. The summed E-state index contributed by atoms with van der Waals surface area (Å²) in [5.74, 6) is 0.305. The van der Waals surface area contributed by atoms with Gasteiger partial charge in [0.2, 0.25) is 0 Å². The number of hydrogen-bond acceptors (Lipinski definition) is 3. The number of nitrogens with two attached hydrogens (primary N) is 1. The fourth-order valence-corrected chi connectivity index (χ4v) is 2.06. The predicted octanol–water partition coefficient (Wildman–Crippen LogP) is 1.99. The van der Waals surface area contributed by atoms with Crippen molar-refractivity contribution in [3.05, 3.63) is 11.6 Å². The molecule has 0 saturated heterocycles. The molecule has 4 nitrogen and oxygen atoms in total. The number of amidine groups is 1. The van der Waals surface area contributed by atoms with Gasteiger partial charge in [0.05, 0.1) is 0 Å². The molecule has 1 aliphatic carbocycles. The summed E-state index contributed by atoms with van der Waals surface area (Å²) >= 11 is 0. The van der Waals surface area contributed by atoms with Crippen LogP contribution in [0.3, 0.4) is 0 Å². The summed E-state index contributed by atoms with van der Waals surface area (Å²) < 4.78 is 0. The molecule has 4 heteroatoms. The van der Waals surface area contributed by atoms with Crippen LogP contribution in [0.1, 0.15) is 45.4 Å². The predicted molar refractivity (Wildman–Crippen MR) is 66.7 cm³/mol. The van der Waals surface area contributed by atoms with Gasteiger partial charge in [-0.15, -0.1) is 0 Å². The topological polar surface area (TPSA) is 70.6 Å². The number of oxime groups is 1. The normalized spacial score (nSPS) is 18.6. The molecule has 4 N–H and O–H groups in total. The van der Waals surface area contributed by atoms with E-state index in [4.69, 9.17) is 10.9 Å². The molecule has 0 aromatic rings. The van der Waals surface area contributed by atoms with E-state index >= 15 is 0 Å². The average Bonchev–Trinajstić information content (AvgIpc) is 2.80. The standard InChI is InChI=1S/C12H23N3O/c1-2-11(9-12(13)15-16)14-8-7-10-5-3-4-6-10/h5,11,14,16H,2-4,6-9H2,1H3,(H2,13,15). The molecule has 92 valence electrons. The molecule has 0 heterocycles. The van der Waals surface area contributed by atoms with E-state index in [1.165, 1.54) is 19.3 Å². The molecule has 0 fully saturated rings. The summed E-state index contributed by atoms with van der Waals surface area (Å²) in [6, 6.07) is 0.318. The molecule has 16 heavy (non-hydrogen) atoms. The fourth-order valence-electron chi connectivity index (χ4n) is 2.06. The van der Waals surface area contributed by atoms with Crippen LogP contribution in [-0.2, 0) is 0 Å². The number of rotatable bonds is 7. The van der Waals surface area contributed by atoms with E-state index < -0.39 is 0 Å². The molecule has 1 rings (SSSR count). The maximum absolute atomic E-state index is 8.50.